The van der Waals surface area contributed by atoms with Gasteiger partial charge in [0.25, 0.3) is 11.8 Å². The van der Waals surface area contributed by atoms with Crippen molar-refractivity contribution in [2.24, 2.45) is 0 Å². The molecule has 0 spiro atoms. The molecule has 0 aromatic heterocycles. The predicted octanol–water partition coefficient (Wildman–Crippen LogP) is 3.52. The van der Waals surface area contributed by atoms with Gasteiger partial charge in [-0.25, -0.2) is 0 Å². The van der Waals surface area contributed by atoms with E-state index in [9.17, 15) is 14.4 Å². The molecule has 0 fully saturated rings. The first-order valence-electron chi connectivity index (χ1n) is 9.01. The van der Waals surface area contributed by atoms with Gasteiger partial charge in [0.2, 0.25) is 0 Å². The zero-order chi connectivity index (χ0) is 19.5. The minimum absolute atomic E-state index is 0.281. The van der Waals surface area contributed by atoms with Crippen molar-refractivity contribution in [1.82, 2.24) is 5.32 Å². The highest BCUT2D eigenvalue weighted by atomic mass is 16.2. The lowest BCUT2D eigenvalue weighted by atomic mass is 10.0. The van der Waals surface area contributed by atoms with Crippen LogP contribution in [0.2, 0.25) is 0 Å². The molecule has 1 atom stereocenters. The summed E-state index contributed by atoms with van der Waals surface area (Å²) in [6.07, 6.45) is 1.08. The number of amides is 2. The van der Waals surface area contributed by atoms with Gasteiger partial charge in [-0.3, -0.25) is 19.3 Å². The molecule has 0 saturated heterocycles. The molecule has 4 rings (SSSR count). The van der Waals surface area contributed by atoms with E-state index in [0.29, 0.717) is 28.9 Å². The zero-order valence-corrected chi connectivity index (χ0v) is 15.0. The second-order valence-corrected chi connectivity index (χ2v) is 6.58. The van der Waals surface area contributed by atoms with Crippen molar-refractivity contribution >= 4 is 29.5 Å². The summed E-state index contributed by atoms with van der Waals surface area (Å²) < 4.78 is 0. The number of benzene rings is 3. The SMILES string of the molecule is O=Cc1ccccc1N1C(=O)[C@@H](Cc2ccccc2)NC(=O)c2ccccc21. The van der Waals surface area contributed by atoms with Crippen LogP contribution in [0, 0.1) is 0 Å². The second kappa shape index (κ2) is 7.48. The van der Waals surface area contributed by atoms with Crippen LogP contribution in [0.1, 0.15) is 26.3 Å². The van der Waals surface area contributed by atoms with Gasteiger partial charge in [0.05, 0.1) is 16.9 Å². The summed E-state index contributed by atoms with van der Waals surface area (Å²) in [5.74, 6) is -0.590. The number of hydrogen-bond acceptors (Lipinski definition) is 3. The van der Waals surface area contributed by atoms with Crippen LogP contribution in [-0.4, -0.2) is 24.1 Å². The number of fused-ring (bicyclic) bond motifs is 1. The largest absolute Gasteiger partial charge is 0.340 e. The molecule has 1 N–H and O–H groups in total. The molecule has 1 heterocycles. The summed E-state index contributed by atoms with van der Waals surface area (Å²) in [4.78, 5) is 39.4. The molecule has 3 aromatic rings. The van der Waals surface area contributed by atoms with Crippen LogP contribution in [0.25, 0.3) is 0 Å². The average Bonchev–Trinajstić information content (AvgIpc) is 2.84. The fraction of sp³-hybridized carbons (Fsp3) is 0.0870. The molecule has 0 saturated carbocycles. The van der Waals surface area contributed by atoms with E-state index in [1.807, 2.05) is 30.3 Å². The number of para-hydroxylation sites is 2. The summed E-state index contributed by atoms with van der Waals surface area (Å²) in [5, 5.41) is 2.85. The molecule has 2 amide bonds. The van der Waals surface area contributed by atoms with E-state index in [0.717, 1.165) is 11.8 Å². The molecule has 138 valence electrons. The molecule has 5 heteroatoms. The van der Waals surface area contributed by atoms with E-state index in [1.165, 1.54) is 4.90 Å². The van der Waals surface area contributed by atoms with Crippen molar-refractivity contribution in [3.8, 4) is 0 Å². The quantitative estimate of drug-likeness (QED) is 0.715. The predicted molar refractivity (Wildman–Crippen MR) is 107 cm³/mol. The maximum atomic E-state index is 13.5. The number of aldehydes is 1. The first kappa shape index (κ1) is 17.7. The highest BCUT2D eigenvalue weighted by Gasteiger charge is 2.35. The van der Waals surface area contributed by atoms with Crippen LogP contribution in [0.4, 0.5) is 11.4 Å². The second-order valence-electron chi connectivity index (χ2n) is 6.58. The Bertz CT molecular complexity index is 1050. The summed E-state index contributed by atoms with van der Waals surface area (Å²) in [6, 6.07) is 22.6. The fourth-order valence-corrected chi connectivity index (χ4v) is 3.46. The van der Waals surface area contributed by atoms with Crippen molar-refractivity contribution in [3.63, 3.8) is 0 Å². The summed E-state index contributed by atoms with van der Waals surface area (Å²) >= 11 is 0. The molecule has 0 unspecified atom stereocenters. The number of hydrogen-bond donors (Lipinski definition) is 1. The number of anilines is 2. The number of nitrogens with one attached hydrogen (secondary N) is 1. The van der Waals surface area contributed by atoms with Crippen LogP contribution in [0.15, 0.2) is 78.9 Å². The van der Waals surface area contributed by atoms with Gasteiger partial charge in [0.1, 0.15) is 6.04 Å². The van der Waals surface area contributed by atoms with Crippen molar-refractivity contribution in [3.05, 3.63) is 95.6 Å². The van der Waals surface area contributed by atoms with Crippen LogP contribution >= 0.6 is 0 Å². The first-order valence-corrected chi connectivity index (χ1v) is 9.01. The molecular formula is C23H18N2O3. The number of nitrogens with zero attached hydrogens (tertiary/aromatic N) is 1. The molecule has 0 aliphatic carbocycles. The highest BCUT2D eigenvalue weighted by molar-refractivity contribution is 6.15. The number of carbonyl (C=O) groups is 3. The lowest BCUT2D eigenvalue weighted by Crippen LogP contribution is -2.45. The van der Waals surface area contributed by atoms with E-state index in [1.54, 1.807) is 48.5 Å². The van der Waals surface area contributed by atoms with Crippen LogP contribution in [0.5, 0.6) is 0 Å². The fourth-order valence-electron chi connectivity index (χ4n) is 3.46. The Hall–Kier alpha value is -3.73. The van der Waals surface area contributed by atoms with Gasteiger partial charge < -0.3 is 5.32 Å². The lowest BCUT2D eigenvalue weighted by molar-refractivity contribution is -0.119. The minimum atomic E-state index is -0.748. The van der Waals surface area contributed by atoms with Crippen LogP contribution in [-0.2, 0) is 11.2 Å². The van der Waals surface area contributed by atoms with Crippen LogP contribution in [0.3, 0.4) is 0 Å². The van der Waals surface area contributed by atoms with Crippen molar-refractivity contribution in [2.75, 3.05) is 4.90 Å². The number of rotatable bonds is 4. The zero-order valence-electron chi connectivity index (χ0n) is 15.0. The third-order valence-electron chi connectivity index (χ3n) is 4.80. The third-order valence-corrected chi connectivity index (χ3v) is 4.80. The summed E-state index contributed by atoms with van der Waals surface area (Å²) in [5.41, 5.74) is 2.65. The van der Waals surface area contributed by atoms with Crippen molar-refractivity contribution in [1.29, 1.82) is 0 Å². The molecule has 0 radical (unpaired) electrons. The van der Waals surface area contributed by atoms with Gasteiger partial charge in [-0.15, -0.1) is 0 Å². The molecule has 1 aliphatic heterocycles. The van der Waals surface area contributed by atoms with Gasteiger partial charge in [-0.1, -0.05) is 54.6 Å². The molecule has 1 aliphatic rings. The minimum Gasteiger partial charge on any atom is -0.340 e. The smallest absolute Gasteiger partial charge is 0.254 e. The van der Waals surface area contributed by atoms with E-state index in [-0.39, 0.29) is 11.8 Å². The Balaban J connectivity index is 1.85. The molecule has 0 bridgehead atoms. The van der Waals surface area contributed by atoms with E-state index in [2.05, 4.69) is 5.32 Å². The van der Waals surface area contributed by atoms with Gasteiger partial charge in [-0.05, 0) is 29.8 Å². The van der Waals surface area contributed by atoms with Gasteiger partial charge in [0.15, 0.2) is 6.29 Å². The Morgan fingerprint density at radius 1 is 0.821 bits per heavy atom. The van der Waals surface area contributed by atoms with Gasteiger partial charge >= 0.3 is 0 Å². The average molecular weight is 370 g/mol. The van der Waals surface area contributed by atoms with Gasteiger partial charge in [0, 0.05) is 12.0 Å². The van der Waals surface area contributed by atoms with E-state index in [4.69, 9.17) is 0 Å². The summed E-state index contributed by atoms with van der Waals surface area (Å²) in [6.45, 7) is 0. The van der Waals surface area contributed by atoms with Crippen molar-refractivity contribution in [2.45, 2.75) is 12.5 Å². The monoisotopic (exact) mass is 370 g/mol. The Morgan fingerprint density at radius 2 is 1.46 bits per heavy atom. The van der Waals surface area contributed by atoms with E-state index >= 15 is 0 Å². The topological polar surface area (TPSA) is 66.5 Å². The standard InChI is InChI=1S/C23H18N2O3/c26-15-17-10-4-6-12-20(17)25-21-13-7-5-11-18(21)22(27)24-19(23(25)28)14-16-8-2-1-3-9-16/h1-13,15,19H,14H2,(H,24,27)/t19-/m1/s1. The normalized spacial score (nSPS) is 16.1. The van der Waals surface area contributed by atoms with Gasteiger partial charge in [-0.2, -0.15) is 0 Å². The summed E-state index contributed by atoms with van der Waals surface area (Å²) in [7, 11) is 0. The Kier molecular flexibility index (Phi) is 4.72. The van der Waals surface area contributed by atoms with Crippen LogP contribution < -0.4 is 10.2 Å². The molecule has 3 aromatic carbocycles. The third kappa shape index (κ3) is 3.18. The Morgan fingerprint density at radius 3 is 2.21 bits per heavy atom. The first-order chi connectivity index (χ1) is 13.7. The maximum absolute atomic E-state index is 13.5. The lowest BCUT2D eigenvalue weighted by Gasteiger charge is -2.26. The van der Waals surface area contributed by atoms with Crippen molar-refractivity contribution < 1.29 is 14.4 Å². The maximum Gasteiger partial charge on any atom is 0.254 e. The molecule has 5 nitrogen and oxygen atoms in total. The number of carbonyl (C=O) groups excluding carboxylic acids is 3. The molecular weight excluding hydrogens is 352 g/mol. The Labute approximate surface area is 162 Å². The highest BCUT2D eigenvalue weighted by Crippen LogP contribution is 2.33. The molecule has 28 heavy (non-hydrogen) atoms. The van der Waals surface area contributed by atoms with E-state index < -0.39 is 6.04 Å².